The molecule has 2 fully saturated rings. The summed E-state index contributed by atoms with van der Waals surface area (Å²) < 4.78 is 0. The molecule has 1 aliphatic heterocycles. The van der Waals surface area contributed by atoms with Crippen LogP contribution in [0, 0.1) is 5.41 Å². The number of hydrogen-bond acceptors (Lipinski definition) is 3. The highest BCUT2D eigenvalue weighted by Gasteiger charge is 2.47. The van der Waals surface area contributed by atoms with Crippen LogP contribution in [0.25, 0.3) is 0 Å². The van der Waals surface area contributed by atoms with Gasteiger partial charge in [0.15, 0.2) is 0 Å². The van der Waals surface area contributed by atoms with Crippen molar-refractivity contribution in [2.45, 2.75) is 70.4 Å². The van der Waals surface area contributed by atoms with E-state index in [0.29, 0.717) is 11.8 Å². The molecule has 110 valence electrons. The molecule has 1 aliphatic carbocycles. The molecule has 2 aliphatic rings. The maximum Gasteiger partial charge on any atom is 0.324 e. The maximum atomic E-state index is 11.8. The van der Waals surface area contributed by atoms with Crippen LogP contribution in [-0.4, -0.2) is 34.2 Å². The van der Waals surface area contributed by atoms with E-state index in [0.717, 1.165) is 25.0 Å². The number of thioether (sulfide) groups is 1. The number of hydrogen-bond donors (Lipinski definition) is 2. The van der Waals surface area contributed by atoms with Gasteiger partial charge in [0.2, 0.25) is 0 Å². The van der Waals surface area contributed by atoms with Gasteiger partial charge >= 0.3 is 5.97 Å². The fraction of sp³-hybridized carbons (Fsp3) is 0.933. The molecule has 2 rings (SSSR count). The van der Waals surface area contributed by atoms with Gasteiger partial charge in [0.05, 0.1) is 0 Å². The molecule has 2 N–H and O–H groups in total. The lowest BCUT2D eigenvalue weighted by Gasteiger charge is -2.44. The van der Waals surface area contributed by atoms with E-state index >= 15 is 0 Å². The van der Waals surface area contributed by atoms with Crippen molar-refractivity contribution in [3.05, 3.63) is 0 Å². The fourth-order valence-electron chi connectivity index (χ4n) is 3.53. The monoisotopic (exact) mass is 285 g/mol. The van der Waals surface area contributed by atoms with Crippen molar-refractivity contribution in [1.29, 1.82) is 0 Å². The first-order valence-corrected chi connectivity index (χ1v) is 8.68. The SMILES string of the molecule is CC1(C)CSCC(NC2CCCCCC2)(C(=O)O)C1. The van der Waals surface area contributed by atoms with Crippen molar-refractivity contribution < 1.29 is 9.90 Å². The number of carboxylic acids is 1. The smallest absolute Gasteiger partial charge is 0.324 e. The molecule has 0 spiro atoms. The van der Waals surface area contributed by atoms with Crippen LogP contribution < -0.4 is 5.32 Å². The molecule has 1 saturated carbocycles. The summed E-state index contributed by atoms with van der Waals surface area (Å²) in [5.41, 5.74) is -0.597. The predicted molar refractivity (Wildman–Crippen MR) is 80.7 cm³/mol. The molecule has 4 heteroatoms. The largest absolute Gasteiger partial charge is 0.480 e. The molecular weight excluding hydrogens is 258 g/mol. The minimum Gasteiger partial charge on any atom is -0.480 e. The van der Waals surface area contributed by atoms with Gasteiger partial charge in [-0.15, -0.1) is 0 Å². The average Bonchev–Trinajstić information content (AvgIpc) is 2.56. The molecule has 0 amide bonds. The Labute approximate surface area is 120 Å². The Kier molecular flexibility index (Phi) is 4.83. The fourth-order valence-corrected chi connectivity index (χ4v) is 4.94. The van der Waals surface area contributed by atoms with E-state index in [1.807, 2.05) is 0 Å². The van der Waals surface area contributed by atoms with Crippen molar-refractivity contribution >= 4 is 17.7 Å². The summed E-state index contributed by atoms with van der Waals surface area (Å²) in [4.78, 5) is 11.8. The Hall–Kier alpha value is -0.220. The number of nitrogens with one attached hydrogen (secondary N) is 1. The number of carbonyl (C=O) groups is 1. The predicted octanol–water partition coefficient (Wildman–Crippen LogP) is 3.29. The quantitative estimate of drug-likeness (QED) is 0.781. The standard InChI is InChI=1S/C15H27NO2S/c1-14(2)9-15(13(17)18,11-19-10-14)16-12-7-5-3-4-6-8-12/h12,16H,3-11H2,1-2H3,(H,17,18). The first-order valence-electron chi connectivity index (χ1n) is 7.52. The highest BCUT2D eigenvalue weighted by Crippen LogP contribution is 2.40. The van der Waals surface area contributed by atoms with E-state index in [4.69, 9.17) is 0 Å². The maximum absolute atomic E-state index is 11.8. The summed E-state index contributed by atoms with van der Waals surface area (Å²) in [6, 6.07) is 0.396. The molecule has 0 aromatic rings. The second kappa shape index (κ2) is 6.04. The van der Waals surface area contributed by atoms with Crippen LogP contribution in [0.4, 0.5) is 0 Å². The van der Waals surface area contributed by atoms with Gasteiger partial charge in [-0.3, -0.25) is 10.1 Å². The summed E-state index contributed by atoms with van der Waals surface area (Å²) in [5.74, 6) is 1.12. The van der Waals surface area contributed by atoms with Gasteiger partial charge in [0.25, 0.3) is 0 Å². The van der Waals surface area contributed by atoms with Crippen LogP contribution in [0.3, 0.4) is 0 Å². The minimum absolute atomic E-state index is 0.110. The van der Waals surface area contributed by atoms with Gasteiger partial charge in [-0.1, -0.05) is 39.5 Å². The summed E-state index contributed by atoms with van der Waals surface area (Å²) in [6.45, 7) is 4.37. The minimum atomic E-state index is -0.707. The van der Waals surface area contributed by atoms with Crippen LogP contribution in [-0.2, 0) is 4.79 Å². The van der Waals surface area contributed by atoms with Crippen molar-refractivity contribution in [1.82, 2.24) is 5.32 Å². The van der Waals surface area contributed by atoms with Crippen LogP contribution in [0.5, 0.6) is 0 Å². The molecule has 1 unspecified atom stereocenters. The summed E-state index contributed by atoms with van der Waals surface area (Å²) in [5, 5.41) is 13.3. The zero-order chi connectivity index (χ0) is 13.9. The lowest BCUT2D eigenvalue weighted by molar-refractivity contribution is -0.145. The van der Waals surface area contributed by atoms with E-state index in [1.165, 1.54) is 25.7 Å². The topological polar surface area (TPSA) is 49.3 Å². The number of carboxylic acid groups (broad SMARTS) is 1. The van der Waals surface area contributed by atoms with Gasteiger partial charge in [0, 0.05) is 11.8 Å². The molecule has 1 atom stereocenters. The van der Waals surface area contributed by atoms with Crippen molar-refractivity contribution in [3.8, 4) is 0 Å². The first-order chi connectivity index (χ1) is 8.94. The van der Waals surface area contributed by atoms with E-state index in [-0.39, 0.29) is 5.41 Å². The Bertz CT molecular complexity index is 324. The molecule has 1 heterocycles. The highest BCUT2D eigenvalue weighted by molar-refractivity contribution is 7.99. The van der Waals surface area contributed by atoms with Gasteiger partial charge in [-0.25, -0.2) is 0 Å². The molecule has 3 nitrogen and oxygen atoms in total. The van der Waals surface area contributed by atoms with Gasteiger partial charge in [-0.2, -0.15) is 11.8 Å². The van der Waals surface area contributed by atoms with Gasteiger partial charge < -0.3 is 5.11 Å². The Balaban J connectivity index is 2.08. The average molecular weight is 285 g/mol. The summed E-state index contributed by atoms with van der Waals surface area (Å²) in [7, 11) is 0. The molecule has 0 radical (unpaired) electrons. The zero-order valence-corrected chi connectivity index (χ0v) is 13.0. The third kappa shape index (κ3) is 3.88. The van der Waals surface area contributed by atoms with Crippen LogP contribution >= 0.6 is 11.8 Å². The number of rotatable bonds is 3. The van der Waals surface area contributed by atoms with E-state index < -0.39 is 11.5 Å². The van der Waals surface area contributed by atoms with E-state index in [1.54, 1.807) is 11.8 Å². The molecule has 1 saturated heterocycles. The van der Waals surface area contributed by atoms with Gasteiger partial charge in [-0.05, 0) is 30.4 Å². The Morgan fingerprint density at radius 2 is 1.79 bits per heavy atom. The van der Waals surface area contributed by atoms with Crippen LogP contribution in [0.15, 0.2) is 0 Å². The van der Waals surface area contributed by atoms with Crippen molar-refractivity contribution in [2.24, 2.45) is 5.41 Å². The normalized spacial score (nSPS) is 32.7. The van der Waals surface area contributed by atoms with Crippen LogP contribution in [0.1, 0.15) is 58.8 Å². The zero-order valence-electron chi connectivity index (χ0n) is 12.2. The molecule has 19 heavy (non-hydrogen) atoms. The molecule has 0 bridgehead atoms. The molecule has 0 aromatic heterocycles. The summed E-state index contributed by atoms with van der Waals surface area (Å²) in [6.07, 6.45) is 8.11. The van der Waals surface area contributed by atoms with Crippen molar-refractivity contribution in [2.75, 3.05) is 11.5 Å². The Morgan fingerprint density at radius 1 is 1.16 bits per heavy atom. The van der Waals surface area contributed by atoms with Gasteiger partial charge in [0.1, 0.15) is 5.54 Å². The molecule has 0 aromatic carbocycles. The second-order valence-corrected chi connectivity index (χ2v) is 8.04. The first kappa shape index (κ1) is 15.2. The summed E-state index contributed by atoms with van der Waals surface area (Å²) >= 11 is 1.79. The highest BCUT2D eigenvalue weighted by atomic mass is 32.2. The van der Waals surface area contributed by atoms with E-state index in [2.05, 4.69) is 19.2 Å². The lowest BCUT2D eigenvalue weighted by Crippen LogP contribution is -2.61. The third-order valence-electron chi connectivity index (χ3n) is 4.37. The molecular formula is C15H27NO2S. The van der Waals surface area contributed by atoms with Crippen molar-refractivity contribution in [3.63, 3.8) is 0 Å². The lowest BCUT2D eigenvalue weighted by atomic mass is 9.79. The third-order valence-corrected chi connectivity index (χ3v) is 6.05. The van der Waals surface area contributed by atoms with E-state index in [9.17, 15) is 9.90 Å². The second-order valence-electron chi connectivity index (χ2n) is 7.05. The Morgan fingerprint density at radius 3 is 2.32 bits per heavy atom. The number of aliphatic carboxylic acids is 1. The van der Waals surface area contributed by atoms with Crippen LogP contribution in [0.2, 0.25) is 0 Å².